The maximum atomic E-state index is 8.00. The van der Waals surface area contributed by atoms with Crippen LogP contribution in [0, 0.1) is 6.92 Å². The van der Waals surface area contributed by atoms with Gasteiger partial charge in [-0.2, -0.15) is 5.10 Å². The van der Waals surface area contributed by atoms with Gasteiger partial charge in [0, 0.05) is 11.9 Å². The Morgan fingerprint density at radius 2 is 2.06 bits per heavy atom. The Hall–Kier alpha value is -1.97. The zero-order valence-corrected chi connectivity index (χ0v) is 9.55. The lowest BCUT2D eigenvalue weighted by molar-refractivity contribution is -0.0979. The van der Waals surface area contributed by atoms with Gasteiger partial charge >= 0.3 is 0 Å². The molecule has 0 saturated carbocycles. The second kappa shape index (κ2) is 5.80. The number of carbonyl (C=O) groups is 1. The molecular weight excluding hydrogens is 202 g/mol. The Balaban J connectivity index is 0.000000606. The smallest absolute Gasteiger partial charge is 0.106 e. The number of aromatic nitrogens is 3. The van der Waals surface area contributed by atoms with E-state index in [0.29, 0.717) is 0 Å². The third-order valence-electron chi connectivity index (χ3n) is 2.20. The minimum Gasteiger partial charge on any atom is -0.307 e. The zero-order chi connectivity index (χ0) is 12.0. The molecule has 2 aromatic rings. The molecule has 0 aliphatic rings. The van der Waals surface area contributed by atoms with E-state index in [4.69, 9.17) is 4.79 Å². The highest BCUT2D eigenvalue weighted by Gasteiger charge is 1.98. The normalized spacial score (nSPS) is 9.38. The molecule has 16 heavy (non-hydrogen) atoms. The molecule has 0 radical (unpaired) electrons. The molecule has 0 aromatic carbocycles. The highest BCUT2D eigenvalue weighted by atomic mass is 16.1. The third-order valence-corrected chi connectivity index (χ3v) is 2.20. The van der Waals surface area contributed by atoms with Gasteiger partial charge in [0.05, 0.1) is 18.1 Å². The van der Waals surface area contributed by atoms with E-state index in [1.807, 2.05) is 49.1 Å². The van der Waals surface area contributed by atoms with Gasteiger partial charge in [0.1, 0.15) is 6.79 Å². The Morgan fingerprint density at radius 3 is 2.56 bits per heavy atom. The van der Waals surface area contributed by atoms with Crippen LogP contribution in [0.25, 0.3) is 5.69 Å². The van der Waals surface area contributed by atoms with Gasteiger partial charge in [0.2, 0.25) is 0 Å². The highest BCUT2D eigenvalue weighted by molar-refractivity contribution is 5.29. The molecule has 0 aliphatic heterocycles. The maximum Gasteiger partial charge on any atom is 0.106 e. The van der Waals surface area contributed by atoms with E-state index >= 15 is 0 Å². The van der Waals surface area contributed by atoms with Crippen LogP contribution < -0.4 is 0 Å². The monoisotopic (exact) mass is 217 g/mol. The van der Waals surface area contributed by atoms with Crippen LogP contribution in [0.5, 0.6) is 0 Å². The van der Waals surface area contributed by atoms with Crippen LogP contribution in [-0.2, 0) is 11.2 Å². The van der Waals surface area contributed by atoms with Crippen molar-refractivity contribution in [1.82, 2.24) is 14.8 Å². The number of nitrogens with zero attached hydrogens (tertiary/aromatic N) is 3. The summed E-state index contributed by atoms with van der Waals surface area (Å²) in [5, 5.41) is 4.26. The molecule has 2 aromatic heterocycles. The molecular formula is C12H15N3O. The third kappa shape index (κ3) is 2.76. The van der Waals surface area contributed by atoms with Crippen molar-refractivity contribution in [3.05, 3.63) is 42.0 Å². The largest absolute Gasteiger partial charge is 0.307 e. The molecule has 0 bridgehead atoms. The van der Waals surface area contributed by atoms with Crippen LogP contribution in [-0.4, -0.2) is 21.6 Å². The number of hydrogen-bond acceptors (Lipinski definition) is 3. The van der Waals surface area contributed by atoms with Crippen molar-refractivity contribution in [3.63, 3.8) is 0 Å². The van der Waals surface area contributed by atoms with Crippen LogP contribution in [0.3, 0.4) is 0 Å². The first-order chi connectivity index (χ1) is 7.79. The summed E-state index contributed by atoms with van der Waals surface area (Å²) < 4.78 is 1.85. The van der Waals surface area contributed by atoms with Gasteiger partial charge in [-0.3, -0.25) is 4.98 Å². The van der Waals surface area contributed by atoms with E-state index in [1.165, 1.54) is 5.56 Å². The molecule has 4 nitrogen and oxygen atoms in total. The average Bonchev–Trinajstić information content (AvgIpc) is 2.81. The number of carbonyl (C=O) groups excluding carboxylic acids is 1. The van der Waals surface area contributed by atoms with Crippen molar-refractivity contribution in [3.8, 4) is 5.69 Å². The van der Waals surface area contributed by atoms with Gasteiger partial charge in [-0.05, 0) is 31.0 Å². The van der Waals surface area contributed by atoms with E-state index in [9.17, 15) is 0 Å². The summed E-state index contributed by atoms with van der Waals surface area (Å²) in [5.41, 5.74) is 3.28. The molecule has 0 aliphatic carbocycles. The van der Waals surface area contributed by atoms with Gasteiger partial charge in [-0.15, -0.1) is 0 Å². The predicted octanol–water partition coefficient (Wildman–Crippen LogP) is 1.95. The molecule has 0 spiro atoms. The topological polar surface area (TPSA) is 47.8 Å². The van der Waals surface area contributed by atoms with Crippen molar-refractivity contribution >= 4 is 6.79 Å². The quantitative estimate of drug-likeness (QED) is 0.772. The molecule has 0 saturated heterocycles. The molecule has 84 valence electrons. The first-order valence-corrected chi connectivity index (χ1v) is 5.05. The first kappa shape index (κ1) is 12.1. The fourth-order valence-corrected chi connectivity index (χ4v) is 1.28. The lowest BCUT2D eigenvalue weighted by Gasteiger charge is -1.99. The minimum absolute atomic E-state index is 1.01. The average molecular weight is 217 g/mol. The fraction of sp³-hybridized carbons (Fsp3) is 0.250. The van der Waals surface area contributed by atoms with E-state index in [2.05, 4.69) is 17.0 Å². The van der Waals surface area contributed by atoms with Crippen molar-refractivity contribution < 1.29 is 4.79 Å². The van der Waals surface area contributed by atoms with Crippen LogP contribution in [0.2, 0.25) is 0 Å². The standard InChI is InChI=1S/C11H13N3.CH2O/c1-3-10-6-13-14(8-10)11-5-4-9(2)12-7-11;1-2/h4-8H,3H2,1-2H3;1H2. The van der Waals surface area contributed by atoms with E-state index in [-0.39, 0.29) is 0 Å². The second-order valence-corrected chi connectivity index (χ2v) is 3.30. The fourth-order valence-electron chi connectivity index (χ4n) is 1.28. The summed E-state index contributed by atoms with van der Waals surface area (Å²) in [6.45, 7) is 6.10. The van der Waals surface area contributed by atoms with E-state index in [1.54, 1.807) is 0 Å². The van der Waals surface area contributed by atoms with Gasteiger partial charge in [0.25, 0.3) is 0 Å². The van der Waals surface area contributed by atoms with E-state index < -0.39 is 0 Å². The molecule has 0 unspecified atom stereocenters. The van der Waals surface area contributed by atoms with Crippen molar-refractivity contribution in [2.45, 2.75) is 20.3 Å². The van der Waals surface area contributed by atoms with Crippen LogP contribution in [0.15, 0.2) is 30.7 Å². The van der Waals surface area contributed by atoms with Crippen LogP contribution in [0.1, 0.15) is 18.2 Å². The minimum atomic E-state index is 1.01. The lowest BCUT2D eigenvalue weighted by Crippen LogP contribution is -1.95. The van der Waals surface area contributed by atoms with Gasteiger partial charge < -0.3 is 4.79 Å². The summed E-state index contributed by atoms with van der Waals surface area (Å²) in [6, 6.07) is 4.01. The number of aryl methyl sites for hydroxylation is 2. The summed E-state index contributed by atoms with van der Waals surface area (Å²) in [6.07, 6.45) is 6.77. The van der Waals surface area contributed by atoms with Crippen molar-refractivity contribution in [2.75, 3.05) is 0 Å². The lowest BCUT2D eigenvalue weighted by atomic mass is 10.3. The van der Waals surface area contributed by atoms with Crippen LogP contribution in [0.4, 0.5) is 0 Å². The summed E-state index contributed by atoms with van der Waals surface area (Å²) in [7, 11) is 0. The molecule has 0 atom stereocenters. The zero-order valence-electron chi connectivity index (χ0n) is 9.55. The summed E-state index contributed by atoms with van der Waals surface area (Å²) in [5.74, 6) is 0. The summed E-state index contributed by atoms with van der Waals surface area (Å²) in [4.78, 5) is 12.2. The number of hydrogen-bond donors (Lipinski definition) is 0. The van der Waals surface area contributed by atoms with Crippen molar-refractivity contribution in [2.24, 2.45) is 0 Å². The first-order valence-electron chi connectivity index (χ1n) is 5.05. The Morgan fingerprint density at radius 1 is 1.31 bits per heavy atom. The predicted molar refractivity (Wildman–Crippen MR) is 62.6 cm³/mol. The van der Waals surface area contributed by atoms with Gasteiger partial charge in [-0.25, -0.2) is 4.68 Å². The molecule has 2 heterocycles. The Labute approximate surface area is 94.9 Å². The molecule has 0 fully saturated rings. The molecule has 0 N–H and O–H groups in total. The van der Waals surface area contributed by atoms with E-state index in [0.717, 1.165) is 17.8 Å². The second-order valence-electron chi connectivity index (χ2n) is 3.30. The SMILES string of the molecule is C=O.CCc1cnn(-c2ccc(C)nc2)c1. The van der Waals surface area contributed by atoms with Crippen molar-refractivity contribution in [1.29, 1.82) is 0 Å². The molecule has 2 rings (SSSR count). The molecule has 4 heteroatoms. The number of pyridine rings is 1. The highest BCUT2D eigenvalue weighted by Crippen LogP contribution is 2.07. The molecule has 0 amide bonds. The Bertz CT molecular complexity index is 434. The van der Waals surface area contributed by atoms with Gasteiger partial charge in [-0.1, -0.05) is 6.92 Å². The Kier molecular flexibility index (Phi) is 4.39. The summed E-state index contributed by atoms with van der Waals surface area (Å²) >= 11 is 0. The van der Waals surface area contributed by atoms with Crippen LogP contribution >= 0.6 is 0 Å². The van der Waals surface area contributed by atoms with Gasteiger partial charge in [0.15, 0.2) is 0 Å². The number of rotatable bonds is 2. The maximum absolute atomic E-state index is 8.00.